The van der Waals surface area contributed by atoms with Crippen LogP contribution >= 0.6 is 27.3 Å². The number of halogens is 3. The van der Waals surface area contributed by atoms with Gasteiger partial charge in [0.05, 0.1) is 15.8 Å². The monoisotopic (exact) mass is 435 g/mol. The number of rotatable bonds is 1. The predicted octanol–water partition coefficient (Wildman–Crippen LogP) is 4.01. The van der Waals surface area contributed by atoms with Crippen LogP contribution in [0.3, 0.4) is 0 Å². The van der Waals surface area contributed by atoms with Gasteiger partial charge in [0.1, 0.15) is 16.1 Å². The van der Waals surface area contributed by atoms with Crippen LogP contribution in [0, 0.1) is 5.41 Å². The smallest absolute Gasteiger partial charge is 0.408 e. The third-order valence-corrected chi connectivity index (χ3v) is 6.21. The summed E-state index contributed by atoms with van der Waals surface area (Å²) >= 11 is 4.45. The van der Waals surface area contributed by atoms with Gasteiger partial charge in [0, 0.05) is 6.42 Å². The normalized spacial score (nSPS) is 23.4. The van der Waals surface area contributed by atoms with Gasteiger partial charge in [0.15, 0.2) is 0 Å². The molecule has 2 aromatic heterocycles. The van der Waals surface area contributed by atoms with Crippen LogP contribution in [-0.2, 0) is 5.54 Å². The lowest BCUT2D eigenvalue weighted by molar-refractivity contribution is 0.000548. The van der Waals surface area contributed by atoms with E-state index in [1.54, 1.807) is 26.8 Å². The number of alkyl halides is 2. The van der Waals surface area contributed by atoms with Crippen molar-refractivity contribution in [1.82, 2.24) is 14.9 Å². The van der Waals surface area contributed by atoms with Crippen molar-refractivity contribution < 1.29 is 18.7 Å². The molecule has 6 nitrogen and oxygen atoms in total. The average molecular weight is 436 g/mol. The molecule has 0 unspecified atom stereocenters. The zero-order chi connectivity index (χ0) is 18.8. The largest absolute Gasteiger partial charge is 0.465 e. The van der Waals surface area contributed by atoms with Crippen molar-refractivity contribution in [3.8, 4) is 0 Å². The molecule has 0 aliphatic carbocycles. The second kappa shape index (κ2) is 5.47. The maximum absolute atomic E-state index is 14.3. The predicted molar refractivity (Wildman–Crippen MR) is 93.4 cm³/mol. The number of fused-ring (bicyclic) bond motifs is 1. The molecule has 1 saturated heterocycles. The summed E-state index contributed by atoms with van der Waals surface area (Å²) in [5, 5.41) is 9.56. The molecular formula is C15H16BrF2N3O3S. The molecule has 2 aromatic rings. The van der Waals surface area contributed by atoms with Gasteiger partial charge in [-0.1, -0.05) is 20.8 Å². The molecule has 1 aliphatic rings. The number of aromatic amines is 1. The lowest BCUT2D eigenvalue weighted by Gasteiger charge is -2.45. The van der Waals surface area contributed by atoms with E-state index >= 15 is 0 Å². The first-order chi connectivity index (χ1) is 11.4. The molecule has 25 heavy (non-hydrogen) atoms. The molecule has 3 heterocycles. The first kappa shape index (κ1) is 18.2. The maximum Gasteiger partial charge on any atom is 0.408 e. The van der Waals surface area contributed by atoms with Crippen LogP contribution < -0.4 is 5.56 Å². The Kier molecular flexibility index (Phi) is 3.99. The molecule has 1 fully saturated rings. The Balaban J connectivity index is 2.34. The van der Waals surface area contributed by atoms with Crippen molar-refractivity contribution in [3.05, 3.63) is 26.0 Å². The average Bonchev–Trinajstić information content (AvgIpc) is 2.95. The molecule has 2 N–H and O–H groups in total. The number of nitrogens with one attached hydrogen (secondary N) is 1. The van der Waals surface area contributed by atoms with Crippen molar-refractivity contribution in [3.63, 3.8) is 0 Å². The summed E-state index contributed by atoms with van der Waals surface area (Å²) in [6, 6.07) is 1.62. The molecule has 136 valence electrons. The maximum atomic E-state index is 14.3. The van der Waals surface area contributed by atoms with E-state index < -0.39 is 41.5 Å². The summed E-state index contributed by atoms with van der Waals surface area (Å²) in [6.45, 7) is 4.06. The Hall–Kier alpha value is -1.55. The second-order valence-electron chi connectivity index (χ2n) is 7.19. The lowest BCUT2D eigenvalue weighted by atomic mass is 9.70. The third-order valence-electron chi connectivity index (χ3n) is 4.58. The molecule has 1 aliphatic heterocycles. The number of nitrogens with zero attached hydrogens (tertiary/aromatic N) is 2. The topological polar surface area (TPSA) is 86.3 Å². The lowest BCUT2D eigenvalue weighted by Crippen LogP contribution is -2.54. The Bertz CT molecular complexity index is 921. The minimum atomic E-state index is -3.21. The van der Waals surface area contributed by atoms with Gasteiger partial charge in [0.2, 0.25) is 0 Å². The van der Waals surface area contributed by atoms with Crippen molar-refractivity contribution >= 4 is 43.6 Å². The number of amides is 1. The summed E-state index contributed by atoms with van der Waals surface area (Å²) in [6.07, 6.45) is -2.21. The molecule has 0 spiro atoms. The van der Waals surface area contributed by atoms with Crippen molar-refractivity contribution in [2.45, 2.75) is 38.7 Å². The number of hydrogen-bond acceptors (Lipinski definition) is 4. The number of hydrogen-bond donors (Lipinski definition) is 2. The highest BCUT2D eigenvalue weighted by Crippen LogP contribution is 2.54. The van der Waals surface area contributed by atoms with Crippen molar-refractivity contribution in [1.29, 1.82) is 0 Å². The van der Waals surface area contributed by atoms with Crippen LogP contribution in [0.2, 0.25) is 0 Å². The summed E-state index contributed by atoms with van der Waals surface area (Å²) < 4.78 is 29.5. The molecule has 10 heteroatoms. The van der Waals surface area contributed by atoms with Gasteiger partial charge in [0.25, 0.3) is 11.5 Å². The fourth-order valence-electron chi connectivity index (χ4n) is 3.47. The molecule has 0 saturated carbocycles. The number of carboxylic acid groups (broad SMARTS) is 1. The first-order valence-corrected chi connectivity index (χ1v) is 9.07. The summed E-state index contributed by atoms with van der Waals surface area (Å²) in [4.78, 5) is 31.8. The number of thiophene rings is 1. The van der Waals surface area contributed by atoms with Crippen molar-refractivity contribution in [2.75, 3.05) is 6.54 Å². The first-order valence-electron chi connectivity index (χ1n) is 7.46. The van der Waals surface area contributed by atoms with Gasteiger partial charge in [-0.2, -0.15) is 0 Å². The highest BCUT2D eigenvalue weighted by Gasteiger charge is 2.64. The van der Waals surface area contributed by atoms with E-state index in [-0.39, 0.29) is 5.82 Å². The SMILES string of the molecule is CC(C)(C)[C@]1(c2nc3cc(Br)sc3c(=O)[nH]2)CC(F)(F)CN1C(=O)O. The quantitative estimate of drug-likeness (QED) is 0.708. The van der Waals surface area contributed by atoms with Gasteiger partial charge < -0.3 is 10.1 Å². The number of likely N-dealkylation sites (tertiary alicyclic amines) is 1. The van der Waals surface area contributed by atoms with Crippen LogP contribution in [0.1, 0.15) is 33.0 Å². The van der Waals surface area contributed by atoms with Crippen LogP contribution in [0.5, 0.6) is 0 Å². The Morgan fingerprint density at radius 3 is 2.68 bits per heavy atom. The van der Waals surface area contributed by atoms with E-state index in [4.69, 9.17) is 0 Å². The molecular weight excluding hydrogens is 420 g/mol. The van der Waals surface area contributed by atoms with E-state index in [9.17, 15) is 23.5 Å². The fourth-order valence-corrected chi connectivity index (χ4v) is 4.89. The Morgan fingerprint density at radius 2 is 2.12 bits per heavy atom. The van der Waals surface area contributed by atoms with E-state index in [2.05, 4.69) is 25.9 Å². The van der Waals surface area contributed by atoms with Gasteiger partial charge in [-0.05, 0) is 27.4 Å². The molecule has 0 bridgehead atoms. The Labute approximate surface area is 154 Å². The fraction of sp³-hybridized carbons (Fsp3) is 0.533. The highest BCUT2D eigenvalue weighted by atomic mass is 79.9. The number of aromatic nitrogens is 2. The summed E-state index contributed by atoms with van der Waals surface area (Å²) in [5.41, 5.74) is -2.70. The van der Waals surface area contributed by atoms with E-state index in [1.165, 1.54) is 11.3 Å². The molecule has 0 radical (unpaired) electrons. The highest BCUT2D eigenvalue weighted by molar-refractivity contribution is 9.11. The van der Waals surface area contributed by atoms with Gasteiger partial charge in [-0.25, -0.2) is 18.6 Å². The third kappa shape index (κ3) is 2.75. The van der Waals surface area contributed by atoms with Crippen LogP contribution in [-0.4, -0.2) is 38.5 Å². The van der Waals surface area contributed by atoms with Gasteiger partial charge >= 0.3 is 6.09 Å². The van der Waals surface area contributed by atoms with Gasteiger partial charge in [-0.15, -0.1) is 11.3 Å². The Morgan fingerprint density at radius 1 is 1.48 bits per heavy atom. The van der Waals surface area contributed by atoms with Gasteiger partial charge in [-0.3, -0.25) is 9.69 Å². The minimum Gasteiger partial charge on any atom is -0.465 e. The van der Waals surface area contributed by atoms with E-state index in [0.717, 1.165) is 0 Å². The minimum absolute atomic E-state index is 0.0534. The second-order valence-corrected chi connectivity index (χ2v) is 9.62. The molecule has 1 atom stereocenters. The van der Waals surface area contributed by atoms with Crippen molar-refractivity contribution in [2.24, 2.45) is 5.41 Å². The standard InChI is InChI=1S/C15H16BrF2N3O3S/c1-13(2,3)15(5-14(17,18)6-21(15)12(23)24)11-19-7-4-8(16)25-9(7)10(22)20-11/h4H,5-6H2,1-3H3,(H,23,24)(H,19,20,22)/t15-/m1/s1. The molecule has 3 rings (SSSR count). The van der Waals surface area contributed by atoms with Crippen LogP contribution in [0.15, 0.2) is 14.6 Å². The number of carbonyl (C=O) groups is 1. The zero-order valence-electron chi connectivity index (χ0n) is 13.7. The zero-order valence-corrected chi connectivity index (χ0v) is 16.1. The van der Waals surface area contributed by atoms with E-state index in [0.29, 0.717) is 18.9 Å². The number of H-pyrrole nitrogens is 1. The van der Waals surface area contributed by atoms with E-state index in [1.807, 2.05) is 0 Å². The molecule has 0 aromatic carbocycles. The van der Waals surface area contributed by atoms with Crippen LogP contribution in [0.25, 0.3) is 10.2 Å². The summed E-state index contributed by atoms with van der Waals surface area (Å²) in [5.74, 6) is -3.27. The van der Waals surface area contributed by atoms with Crippen LogP contribution in [0.4, 0.5) is 13.6 Å². The summed E-state index contributed by atoms with van der Waals surface area (Å²) in [7, 11) is 0. The molecule has 1 amide bonds.